The first-order chi connectivity index (χ1) is 11.1. The van der Waals surface area contributed by atoms with Gasteiger partial charge in [-0.3, -0.25) is 4.79 Å². The normalized spacial score (nSPS) is 10.7. The van der Waals surface area contributed by atoms with Crippen LogP contribution < -0.4 is 10.6 Å². The highest BCUT2D eigenvalue weighted by Gasteiger charge is 2.09. The SMILES string of the molecule is CSc1cccc(N/C=C(/C#N)C(=O)Nc2ccc(O)cc2)c1. The highest BCUT2D eigenvalue weighted by Crippen LogP contribution is 2.19. The quantitative estimate of drug-likeness (QED) is 0.339. The summed E-state index contributed by atoms with van der Waals surface area (Å²) in [4.78, 5) is 13.1. The Balaban J connectivity index is 2.07. The van der Waals surface area contributed by atoms with Crippen molar-refractivity contribution in [2.24, 2.45) is 0 Å². The van der Waals surface area contributed by atoms with E-state index in [1.54, 1.807) is 23.9 Å². The Hall–Kier alpha value is -2.91. The molecule has 0 radical (unpaired) electrons. The van der Waals surface area contributed by atoms with Gasteiger partial charge in [0.25, 0.3) is 5.91 Å². The van der Waals surface area contributed by atoms with E-state index in [0.29, 0.717) is 5.69 Å². The third-order valence-corrected chi connectivity index (χ3v) is 3.67. The van der Waals surface area contributed by atoms with Gasteiger partial charge in [0, 0.05) is 22.5 Å². The van der Waals surface area contributed by atoms with Crippen LogP contribution in [0.15, 0.2) is 65.2 Å². The second-order valence-corrected chi connectivity index (χ2v) is 5.43. The van der Waals surface area contributed by atoms with Crippen LogP contribution in [0, 0.1) is 11.3 Å². The summed E-state index contributed by atoms with van der Waals surface area (Å²) in [6.07, 6.45) is 3.34. The van der Waals surface area contributed by atoms with Crippen molar-refractivity contribution in [3.05, 3.63) is 60.3 Å². The third-order valence-electron chi connectivity index (χ3n) is 2.94. The number of aromatic hydroxyl groups is 1. The van der Waals surface area contributed by atoms with Crippen molar-refractivity contribution >= 4 is 29.0 Å². The maximum Gasteiger partial charge on any atom is 0.267 e. The highest BCUT2D eigenvalue weighted by molar-refractivity contribution is 7.98. The van der Waals surface area contributed by atoms with E-state index in [-0.39, 0.29) is 11.3 Å². The lowest BCUT2D eigenvalue weighted by Crippen LogP contribution is -2.14. The first-order valence-electron chi connectivity index (χ1n) is 6.73. The summed E-state index contributed by atoms with van der Waals surface area (Å²) in [6.45, 7) is 0. The maximum absolute atomic E-state index is 12.1. The fraction of sp³-hybridized carbons (Fsp3) is 0.0588. The highest BCUT2D eigenvalue weighted by atomic mass is 32.2. The molecule has 0 unspecified atom stereocenters. The number of anilines is 2. The molecule has 0 heterocycles. The number of nitrogens with one attached hydrogen (secondary N) is 2. The number of benzene rings is 2. The Bertz CT molecular complexity index is 764. The molecule has 2 rings (SSSR count). The minimum absolute atomic E-state index is 0.0485. The van der Waals surface area contributed by atoms with Gasteiger partial charge in [-0.15, -0.1) is 11.8 Å². The molecule has 1 amide bonds. The summed E-state index contributed by atoms with van der Waals surface area (Å²) in [5.74, 6) is -0.416. The van der Waals surface area contributed by atoms with Crippen LogP contribution in [-0.2, 0) is 4.79 Å². The fourth-order valence-corrected chi connectivity index (χ4v) is 2.22. The Morgan fingerprint density at radius 1 is 1.22 bits per heavy atom. The standard InChI is InChI=1S/C17H15N3O2S/c1-23-16-4-2-3-14(9-16)19-11-12(10-18)17(22)20-13-5-7-15(21)8-6-13/h2-9,11,19,21H,1H3,(H,20,22)/b12-11-. The second-order valence-electron chi connectivity index (χ2n) is 4.55. The average molecular weight is 325 g/mol. The number of thioether (sulfide) groups is 1. The predicted molar refractivity (Wildman–Crippen MR) is 92.3 cm³/mol. The zero-order valence-corrected chi connectivity index (χ0v) is 13.2. The van der Waals surface area contributed by atoms with Gasteiger partial charge in [-0.1, -0.05) is 6.07 Å². The van der Waals surface area contributed by atoms with Crippen molar-refractivity contribution in [3.8, 4) is 11.8 Å². The van der Waals surface area contributed by atoms with E-state index in [9.17, 15) is 9.90 Å². The van der Waals surface area contributed by atoms with Crippen molar-refractivity contribution in [2.45, 2.75) is 4.90 Å². The number of rotatable bonds is 5. The molecule has 0 fully saturated rings. The zero-order valence-electron chi connectivity index (χ0n) is 12.4. The van der Waals surface area contributed by atoms with Crippen molar-refractivity contribution in [2.75, 3.05) is 16.9 Å². The van der Waals surface area contributed by atoms with E-state index in [1.165, 1.54) is 18.3 Å². The Morgan fingerprint density at radius 3 is 2.61 bits per heavy atom. The van der Waals surface area contributed by atoms with Gasteiger partial charge < -0.3 is 15.7 Å². The third kappa shape index (κ3) is 4.80. The van der Waals surface area contributed by atoms with Crippen LogP contribution in [0.1, 0.15) is 0 Å². The number of phenols is 1. The van der Waals surface area contributed by atoms with Crippen LogP contribution in [0.3, 0.4) is 0 Å². The number of hydrogen-bond donors (Lipinski definition) is 3. The molecule has 2 aromatic rings. The molecule has 0 aromatic heterocycles. The fourth-order valence-electron chi connectivity index (χ4n) is 1.76. The van der Waals surface area contributed by atoms with Gasteiger partial charge in [-0.25, -0.2) is 0 Å². The van der Waals surface area contributed by atoms with Crippen molar-refractivity contribution in [3.63, 3.8) is 0 Å². The zero-order chi connectivity index (χ0) is 16.7. The van der Waals surface area contributed by atoms with Gasteiger partial charge in [0.2, 0.25) is 0 Å². The molecule has 6 heteroatoms. The molecule has 5 nitrogen and oxygen atoms in total. The molecule has 0 bridgehead atoms. The molecule has 0 saturated carbocycles. The largest absolute Gasteiger partial charge is 0.508 e. The van der Waals surface area contributed by atoms with Gasteiger partial charge in [0.05, 0.1) is 0 Å². The average Bonchev–Trinajstić information content (AvgIpc) is 2.57. The van der Waals surface area contributed by atoms with E-state index in [0.717, 1.165) is 10.6 Å². The number of carbonyl (C=O) groups excluding carboxylic acids is 1. The minimum Gasteiger partial charge on any atom is -0.508 e. The molecule has 0 aliphatic carbocycles. The Labute approximate surface area is 138 Å². The molecule has 116 valence electrons. The monoisotopic (exact) mass is 325 g/mol. The molecule has 2 aromatic carbocycles. The lowest BCUT2D eigenvalue weighted by Gasteiger charge is -2.06. The second kappa shape index (κ2) is 7.92. The number of nitrogens with zero attached hydrogens (tertiary/aromatic N) is 1. The maximum atomic E-state index is 12.1. The van der Waals surface area contributed by atoms with E-state index in [2.05, 4.69) is 10.6 Å². The van der Waals surface area contributed by atoms with Crippen LogP contribution in [0.4, 0.5) is 11.4 Å². The lowest BCUT2D eigenvalue weighted by molar-refractivity contribution is -0.112. The summed E-state index contributed by atoms with van der Waals surface area (Å²) in [5, 5.41) is 23.9. The van der Waals surface area contributed by atoms with Crippen LogP contribution in [0.25, 0.3) is 0 Å². The number of nitriles is 1. The number of carbonyl (C=O) groups is 1. The molecule has 0 spiro atoms. The summed E-state index contributed by atoms with van der Waals surface area (Å²) in [6, 6.07) is 15.5. The minimum atomic E-state index is -0.522. The van der Waals surface area contributed by atoms with Crippen molar-refractivity contribution in [1.29, 1.82) is 5.26 Å². The smallest absolute Gasteiger partial charge is 0.267 e. The van der Waals surface area contributed by atoms with E-state index in [4.69, 9.17) is 5.26 Å². The Morgan fingerprint density at radius 2 is 1.96 bits per heavy atom. The molecule has 23 heavy (non-hydrogen) atoms. The summed E-state index contributed by atoms with van der Waals surface area (Å²) in [7, 11) is 0. The molecule has 0 aliphatic heterocycles. The number of hydrogen-bond acceptors (Lipinski definition) is 5. The number of amides is 1. The number of phenolic OH excluding ortho intramolecular Hbond substituents is 1. The van der Waals surface area contributed by atoms with Gasteiger partial charge in [0.15, 0.2) is 0 Å². The van der Waals surface area contributed by atoms with Crippen LogP contribution in [0.5, 0.6) is 5.75 Å². The van der Waals surface area contributed by atoms with Gasteiger partial charge in [0.1, 0.15) is 17.4 Å². The topological polar surface area (TPSA) is 85.2 Å². The molecular formula is C17H15N3O2S. The summed E-state index contributed by atoms with van der Waals surface area (Å²) < 4.78 is 0. The summed E-state index contributed by atoms with van der Waals surface area (Å²) in [5.41, 5.74) is 1.24. The van der Waals surface area contributed by atoms with E-state index in [1.807, 2.05) is 36.6 Å². The lowest BCUT2D eigenvalue weighted by atomic mass is 10.2. The van der Waals surface area contributed by atoms with Crippen molar-refractivity contribution < 1.29 is 9.90 Å². The van der Waals surface area contributed by atoms with E-state index >= 15 is 0 Å². The molecular weight excluding hydrogens is 310 g/mol. The molecule has 0 atom stereocenters. The molecule has 0 aliphatic rings. The Kier molecular flexibility index (Phi) is 5.67. The van der Waals surface area contributed by atoms with Gasteiger partial charge >= 0.3 is 0 Å². The van der Waals surface area contributed by atoms with Gasteiger partial charge in [-0.05, 0) is 48.7 Å². The van der Waals surface area contributed by atoms with E-state index < -0.39 is 5.91 Å². The van der Waals surface area contributed by atoms with Crippen LogP contribution in [0.2, 0.25) is 0 Å². The van der Waals surface area contributed by atoms with Crippen molar-refractivity contribution in [1.82, 2.24) is 0 Å². The molecule has 0 saturated heterocycles. The van der Waals surface area contributed by atoms with Crippen LogP contribution >= 0.6 is 11.8 Å². The predicted octanol–water partition coefficient (Wildman–Crippen LogP) is 3.57. The van der Waals surface area contributed by atoms with Crippen LogP contribution in [-0.4, -0.2) is 17.3 Å². The first-order valence-corrected chi connectivity index (χ1v) is 7.96. The van der Waals surface area contributed by atoms with Gasteiger partial charge in [-0.2, -0.15) is 5.26 Å². The first kappa shape index (κ1) is 16.5. The summed E-state index contributed by atoms with van der Waals surface area (Å²) >= 11 is 1.61. The molecule has 3 N–H and O–H groups in total.